The number of carboxylic acids is 1. The minimum Gasteiger partial charge on any atom is -0.480 e. The second-order valence-corrected chi connectivity index (χ2v) is 7.45. The average molecular weight is 490 g/mol. The van der Waals surface area contributed by atoms with Crippen molar-refractivity contribution in [1.82, 2.24) is 20.4 Å². The Balaban J connectivity index is 1.73. The molecule has 0 aliphatic rings. The van der Waals surface area contributed by atoms with Crippen LogP contribution in [0.2, 0.25) is 0 Å². The minimum atomic E-state index is -4.94. The standard InChI is InChI=1S/C23H21F3N4O5/c1-14(18(21(32)33)28-22(34)35-13-15-8-4-2-5-9-15)27-20(31)17-12-30(16-10-6-3-7-11-16)29-19(17)23(24,25)26/h2-12,14,18H,13H2,1H3,(H,27,31)(H,28,34)(H,32,33)/t14?,18-/m1/s1. The summed E-state index contributed by atoms with van der Waals surface area (Å²) >= 11 is 0. The van der Waals surface area contributed by atoms with Gasteiger partial charge in [-0.1, -0.05) is 48.5 Å². The molecule has 0 radical (unpaired) electrons. The van der Waals surface area contributed by atoms with Crippen LogP contribution in [0.15, 0.2) is 66.9 Å². The smallest absolute Gasteiger partial charge is 0.435 e. The molecule has 2 atom stereocenters. The number of amides is 2. The summed E-state index contributed by atoms with van der Waals surface area (Å²) in [4.78, 5) is 36.4. The molecule has 184 valence electrons. The molecule has 1 unspecified atom stereocenters. The monoisotopic (exact) mass is 490 g/mol. The first-order valence-electron chi connectivity index (χ1n) is 10.3. The summed E-state index contributed by atoms with van der Waals surface area (Å²) < 4.78 is 46.5. The van der Waals surface area contributed by atoms with Crippen LogP contribution >= 0.6 is 0 Å². The molecule has 1 aromatic heterocycles. The van der Waals surface area contributed by atoms with E-state index in [1.165, 1.54) is 19.1 Å². The van der Waals surface area contributed by atoms with Gasteiger partial charge in [0.05, 0.1) is 17.3 Å². The van der Waals surface area contributed by atoms with Crippen LogP contribution in [0.3, 0.4) is 0 Å². The van der Waals surface area contributed by atoms with Gasteiger partial charge in [0.15, 0.2) is 5.69 Å². The zero-order valence-electron chi connectivity index (χ0n) is 18.3. The van der Waals surface area contributed by atoms with Crippen molar-refractivity contribution in [3.05, 3.63) is 83.7 Å². The van der Waals surface area contributed by atoms with E-state index in [0.717, 1.165) is 10.9 Å². The number of alkyl halides is 3. The molecular formula is C23H21F3N4O5. The van der Waals surface area contributed by atoms with Gasteiger partial charge in [0.1, 0.15) is 12.6 Å². The quantitative estimate of drug-likeness (QED) is 0.445. The van der Waals surface area contributed by atoms with Crippen LogP contribution in [0.25, 0.3) is 5.69 Å². The highest BCUT2D eigenvalue weighted by atomic mass is 19.4. The van der Waals surface area contributed by atoms with Gasteiger partial charge in [-0.2, -0.15) is 18.3 Å². The maximum absolute atomic E-state index is 13.5. The predicted molar refractivity (Wildman–Crippen MR) is 117 cm³/mol. The number of hydrogen-bond acceptors (Lipinski definition) is 5. The van der Waals surface area contributed by atoms with Crippen LogP contribution in [-0.2, 0) is 22.3 Å². The van der Waals surface area contributed by atoms with Crippen LogP contribution in [-0.4, -0.2) is 44.9 Å². The summed E-state index contributed by atoms with van der Waals surface area (Å²) in [7, 11) is 0. The lowest BCUT2D eigenvalue weighted by Crippen LogP contribution is -2.54. The van der Waals surface area contributed by atoms with Crippen LogP contribution in [0.4, 0.5) is 18.0 Å². The molecule has 0 fully saturated rings. The summed E-state index contributed by atoms with van der Waals surface area (Å²) in [5.74, 6) is -2.73. The summed E-state index contributed by atoms with van der Waals surface area (Å²) in [6.07, 6.45) is -5.12. The van der Waals surface area contributed by atoms with Gasteiger partial charge in [0.2, 0.25) is 0 Å². The van der Waals surface area contributed by atoms with Gasteiger partial charge in [-0.25, -0.2) is 14.3 Å². The molecule has 0 bridgehead atoms. The second-order valence-electron chi connectivity index (χ2n) is 7.45. The van der Waals surface area contributed by atoms with Gasteiger partial charge in [-0.15, -0.1) is 0 Å². The fourth-order valence-corrected chi connectivity index (χ4v) is 3.12. The van der Waals surface area contributed by atoms with E-state index in [0.29, 0.717) is 5.56 Å². The highest BCUT2D eigenvalue weighted by Crippen LogP contribution is 2.31. The molecule has 9 nitrogen and oxygen atoms in total. The molecule has 12 heteroatoms. The zero-order valence-corrected chi connectivity index (χ0v) is 18.3. The first-order chi connectivity index (χ1) is 16.6. The van der Waals surface area contributed by atoms with Crippen molar-refractivity contribution in [3.63, 3.8) is 0 Å². The lowest BCUT2D eigenvalue weighted by molar-refractivity contribution is -0.142. The number of nitrogens with zero attached hydrogens (tertiary/aromatic N) is 2. The molecule has 0 saturated heterocycles. The van der Waals surface area contributed by atoms with Crippen LogP contribution in [0.5, 0.6) is 0 Å². The predicted octanol–water partition coefficient (Wildman–Crippen LogP) is 3.39. The van der Waals surface area contributed by atoms with Gasteiger partial charge in [-0.3, -0.25) is 4.79 Å². The maximum Gasteiger partial charge on any atom is 0.435 e. The Hall–Kier alpha value is -4.35. The molecular weight excluding hydrogens is 469 g/mol. The fraction of sp³-hybridized carbons (Fsp3) is 0.217. The number of nitrogens with one attached hydrogen (secondary N) is 2. The number of halogens is 3. The number of para-hydroxylation sites is 1. The van der Waals surface area contributed by atoms with E-state index >= 15 is 0 Å². The molecule has 3 aromatic rings. The van der Waals surface area contributed by atoms with Crippen LogP contribution < -0.4 is 10.6 Å². The van der Waals surface area contributed by atoms with E-state index in [-0.39, 0.29) is 12.3 Å². The minimum absolute atomic E-state index is 0.132. The number of hydrogen-bond donors (Lipinski definition) is 3. The molecule has 1 heterocycles. The van der Waals surface area contributed by atoms with Crippen molar-refractivity contribution in [3.8, 4) is 5.69 Å². The summed E-state index contributed by atoms with van der Waals surface area (Å²) in [5.41, 5.74) is -1.29. The summed E-state index contributed by atoms with van der Waals surface area (Å²) in [6.45, 7) is 1.09. The summed E-state index contributed by atoms with van der Waals surface area (Å²) in [6, 6.07) is 13.5. The number of carbonyl (C=O) groups excluding carboxylic acids is 2. The number of aromatic nitrogens is 2. The Morgan fingerprint density at radius 1 is 1.03 bits per heavy atom. The lowest BCUT2D eigenvalue weighted by atomic mass is 10.1. The number of rotatable bonds is 8. The fourth-order valence-electron chi connectivity index (χ4n) is 3.12. The molecule has 35 heavy (non-hydrogen) atoms. The van der Waals surface area contributed by atoms with Crippen molar-refractivity contribution in [2.24, 2.45) is 0 Å². The van der Waals surface area contributed by atoms with E-state index in [2.05, 4.69) is 15.7 Å². The largest absolute Gasteiger partial charge is 0.480 e. The Morgan fingerprint density at radius 2 is 1.63 bits per heavy atom. The van der Waals surface area contributed by atoms with E-state index < -0.39 is 47.5 Å². The van der Waals surface area contributed by atoms with Crippen molar-refractivity contribution in [2.75, 3.05) is 0 Å². The molecule has 0 aliphatic heterocycles. The normalized spacial score (nSPS) is 12.9. The van der Waals surface area contributed by atoms with Gasteiger partial charge >= 0.3 is 18.2 Å². The number of benzene rings is 2. The first-order valence-corrected chi connectivity index (χ1v) is 10.3. The van der Waals surface area contributed by atoms with Gasteiger partial charge in [0.25, 0.3) is 5.91 Å². The van der Waals surface area contributed by atoms with Gasteiger partial charge in [0, 0.05) is 6.20 Å². The Kier molecular flexibility index (Phi) is 7.74. The topological polar surface area (TPSA) is 123 Å². The first kappa shape index (κ1) is 25.3. The number of ether oxygens (including phenoxy) is 1. The average Bonchev–Trinajstić information content (AvgIpc) is 3.29. The number of aliphatic carboxylic acids is 1. The van der Waals surface area contributed by atoms with Crippen LogP contribution in [0.1, 0.15) is 28.5 Å². The number of alkyl carbamates (subject to hydrolysis) is 1. The van der Waals surface area contributed by atoms with Crippen molar-refractivity contribution in [1.29, 1.82) is 0 Å². The Bertz CT molecular complexity index is 1180. The van der Waals surface area contributed by atoms with E-state index in [9.17, 15) is 32.7 Å². The molecule has 3 N–H and O–H groups in total. The SMILES string of the molecule is CC(NC(=O)c1cn(-c2ccccc2)nc1C(F)(F)F)[C@@H](NC(=O)OCc1ccccc1)C(=O)O. The third-order valence-corrected chi connectivity index (χ3v) is 4.86. The van der Waals surface area contributed by atoms with Crippen molar-refractivity contribution in [2.45, 2.75) is 31.8 Å². The molecule has 2 aromatic carbocycles. The van der Waals surface area contributed by atoms with Crippen molar-refractivity contribution < 1.29 is 37.4 Å². The van der Waals surface area contributed by atoms with Gasteiger partial charge in [-0.05, 0) is 24.6 Å². The third-order valence-electron chi connectivity index (χ3n) is 4.86. The summed E-state index contributed by atoms with van der Waals surface area (Å²) in [5, 5.41) is 17.3. The van der Waals surface area contributed by atoms with E-state index in [1.54, 1.807) is 48.5 Å². The van der Waals surface area contributed by atoms with Crippen LogP contribution in [0, 0.1) is 0 Å². The molecule has 2 amide bonds. The zero-order chi connectivity index (χ0) is 25.6. The molecule has 0 saturated carbocycles. The van der Waals surface area contributed by atoms with Gasteiger partial charge < -0.3 is 20.5 Å². The highest BCUT2D eigenvalue weighted by molar-refractivity contribution is 5.96. The number of carboxylic acid groups (broad SMARTS) is 1. The number of carbonyl (C=O) groups is 3. The van der Waals surface area contributed by atoms with E-state index in [1.807, 2.05) is 0 Å². The third kappa shape index (κ3) is 6.59. The highest BCUT2D eigenvalue weighted by Gasteiger charge is 2.40. The maximum atomic E-state index is 13.5. The van der Waals surface area contributed by atoms with Crippen molar-refractivity contribution >= 4 is 18.0 Å². The molecule has 3 rings (SSSR count). The Morgan fingerprint density at radius 3 is 2.20 bits per heavy atom. The lowest BCUT2D eigenvalue weighted by Gasteiger charge is -2.22. The Labute approximate surface area is 197 Å². The second kappa shape index (κ2) is 10.7. The molecule has 0 spiro atoms. The molecule has 0 aliphatic carbocycles. The van der Waals surface area contributed by atoms with E-state index in [4.69, 9.17) is 4.74 Å².